The van der Waals surface area contributed by atoms with Gasteiger partial charge in [0.05, 0.1) is 11.7 Å². The Bertz CT molecular complexity index is 633. The predicted molar refractivity (Wildman–Crippen MR) is 80.1 cm³/mol. The van der Waals surface area contributed by atoms with Gasteiger partial charge >= 0.3 is 17.9 Å². The molecule has 1 aromatic carbocycles. The fraction of sp³-hybridized carbons (Fsp3) is 0.188. The first-order valence-electron chi connectivity index (χ1n) is 6.55. The summed E-state index contributed by atoms with van der Waals surface area (Å²) in [6.07, 6.45) is 0.687. The van der Waals surface area contributed by atoms with Gasteiger partial charge in [0.25, 0.3) is 0 Å². The highest BCUT2D eigenvalue weighted by Crippen LogP contribution is 2.20. The van der Waals surface area contributed by atoms with Gasteiger partial charge in [0.1, 0.15) is 12.4 Å². The van der Waals surface area contributed by atoms with E-state index < -0.39 is 24.0 Å². The second kappa shape index (κ2) is 8.50. The molecule has 7 nitrogen and oxygen atoms in total. The molecule has 0 amide bonds. The third kappa shape index (κ3) is 5.76. The number of hydrogen-bond acceptors (Lipinski definition) is 6. The third-order valence-electron chi connectivity index (χ3n) is 2.73. The zero-order valence-corrected chi connectivity index (χ0v) is 12.2. The van der Waals surface area contributed by atoms with Crippen LogP contribution in [0.15, 0.2) is 43.5 Å². The Morgan fingerprint density at radius 2 is 1.83 bits per heavy atom. The van der Waals surface area contributed by atoms with Crippen LogP contribution < -0.4 is 4.74 Å². The number of rotatable bonds is 8. The molecule has 122 valence electrons. The van der Waals surface area contributed by atoms with Crippen LogP contribution in [0.3, 0.4) is 0 Å². The highest BCUT2D eigenvalue weighted by Gasteiger charge is 2.16. The van der Waals surface area contributed by atoms with Gasteiger partial charge in [0.2, 0.25) is 0 Å². The summed E-state index contributed by atoms with van der Waals surface area (Å²) >= 11 is 0. The minimum Gasteiger partial charge on any atom is -0.478 e. The molecule has 1 unspecified atom stereocenters. The third-order valence-corrected chi connectivity index (χ3v) is 2.73. The molecule has 0 aliphatic rings. The summed E-state index contributed by atoms with van der Waals surface area (Å²) in [5.41, 5.74) is 0.173. The molecule has 1 aromatic rings. The van der Waals surface area contributed by atoms with E-state index in [1.54, 1.807) is 0 Å². The number of esters is 2. The summed E-state index contributed by atoms with van der Waals surface area (Å²) in [6, 6.07) is 3.90. The summed E-state index contributed by atoms with van der Waals surface area (Å²) in [5.74, 6) is -2.47. The number of ether oxygens (including phenoxy) is 2. The van der Waals surface area contributed by atoms with Crippen LogP contribution in [-0.2, 0) is 20.7 Å². The van der Waals surface area contributed by atoms with Crippen LogP contribution in [0.5, 0.6) is 5.75 Å². The van der Waals surface area contributed by atoms with Crippen molar-refractivity contribution in [2.45, 2.75) is 12.5 Å². The van der Waals surface area contributed by atoms with Gasteiger partial charge in [-0.05, 0) is 23.8 Å². The maximum absolute atomic E-state index is 11.2. The molecule has 0 heterocycles. The van der Waals surface area contributed by atoms with Crippen molar-refractivity contribution in [3.8, 4) is 5.75 Å². The molecule has 0 saturated heterocycles. The zero-order chi connectivity index (χ0) is 17.4. The summed E-state index contributed by atoms with van der Waals surface area (Å²) in [4.78, 5) is 33.3. The van der Waals surface area contributed by atoms with Gasteiger partial charge in [-0.15, -0.1) is 0 Å². The van der Waals surface area contributed by atoms with Crippen LogP contribution in [0.4, 0.5) is 0 Å². The Morgan fingerprint density at radius 3 is 2.39 bits per heavy atom. The number of aliphatic hydroxyl groups excluding tert-OH is 1. The topological polar surface area (TPSA) is 110 Å². The summed E-state index contributed by atoms with van der Waals surface area (Å²) in [6.45, 7) is 6.15. The second-order valence-electron chi connectivity index (χ2n) is 4.44. The molecular formula is C16H16O7. The SMILES string of the molecule is C=CC(=O)OCC(O)Cc1cc(OC(=O)C=C)ccc1C(=O)O. The second-order valence-corrected chi connectivity index (χ2v) is 4.44. The molecule has 1 atom stereocenters. The van der Waals surface area contributed by atoms with Crippen molar-refractivity contribution in [1.82, 2.24) is 0 Å². The molecule has 0 radical (unpaired) electrons. The zero-order valence-electron chi connectivity index (χ0n) is 12.2. The van der Waals surface area contributed by atoms with E-state index in [-0.39, 0.29) is 29.9 Å². The van der Waals surface area contributed by atoms with Crippen molar-refractivity contribution in [3.63, 3.8) is 0 Å². The average molecular weight is 320 g/mol. The maximum atomic E-state index is 11.2. The van der Waals surface area contributed by atoms with E-state index in [4.69, 9.17) is 9.84 Å². The highest BCUT2D eigenvalue weighted by molar-refractivity contribution is 5.90. The number of carboxylic acid groups (broad SMARTS) is 1. The van der Waals surface area contributed by atoms with Crippen LogP contribution in [0.1, 0.15) is 15.9 Å². The van der Waals surface area contributed by atoms with E-state index in [9.17, 15) is 19.5 Å². The lowest BCUT2D eigenvalue weighted by Gasteiger charge is -2.13. The lowest BCUT2D eigenvalue weighted by Crippen LogP contribution is -2.21. The Balaban J connectivity index is 2.91. The van der Waals surface area contributed by atoms with Crippen molar-refractivity contribution < 1.29 is 34.1 Å². The number of carbonyl (C=O) groups excluding carboxylic acids is 2. The van der Waals surface area contributed by atoms with E-state index in [1.165, 1.54) is 18.2 Å². The molecule has 0 aliphatic heterocycles. The first-order chi connectivity index (χ1) is 10.9. The van der Waals surface area contributed by atoms with Crippen LogP contribution in [0.2, 0.25) is 0 Å². The average Bonchev–Trinajstić information content (AvgIpc) is 2.52. The number of benzene rings is 1. The van der Waals surface area contributed by atoms with Gasteiger partial charge in [0.15, 0.2) is 0 Å². The number of aromatic carboxylic acids is 1. The summed E-state index contributed by atoms with van der Waals surface area (Å²) in [5, 5.41) is 19.0. The predicted octanol–water partition coefficient (Wildman–Crippen LogP) is 1.11. The van der Waals surface area contributed by atoms with Crippen LogP contribution in [0, 0.1) is 0 Å². The van der Waals surface area contributed by atoms with E-state index in [2.05, 4.69) is 17.9 Å². The molecule has 2 N–H and O–H groups in total. The Labute approximate surface area is 132 Å². The molecule has 0 saturated carbocycles. The number of aliphatic hydroxyl groups is 1. The standard InChI is InChI=1S/C16H16O7/c1-3-14(18)22-9-11(17)7-10-8-12(23-15(19)4-2)5-6-13(10)16(20)21/h3-6,8,11,17H,1-2,7,9H2,(H,20,21). The van der Waals surface area contributed by atoms with Crippen molar-refractivity contribution in [3.05, 3.63) is 54.6 Å². The minimum absolute atomic E-state index is 0.0579. The summed E-state index contributed by atoms with van der Waals surface area (Å²) < 4.78 is 9.59. The van der Waals surface area contributed by atoms with Crippen molar-refractivity contribution in [2.75, 3.05) is 6.61 Å². The quantitative estimate of drug-likeness (QED) is 0.419. The van der Waals surface area contributed by atoms with E-state index in [1.807, 2.05) is 0 Å². The van der Waals surface area contributed by atoms with Crippen LogP contribution in [0.25, 0.3) is 0 Å². The van der Waals surface area contributed by atoms with E-state index in [0.29, 0.717) is 0 Å². The van der Waals surface area contributed by atoms with E-state index >= 15 is 0 Å². The van der Waals surface area contributed by atoms with Gasteiger partial charge in [0, 0.05) is 18.6 Å². The Morgan fingerprint density at radius 1 is 1.17 bits per heavy atom. The monoisotopic (exact) mass is 320 g/mol. The van der Waals surface area contributed by atoms with Gasteiger partial charge < -0.3 is 19.7 Å². The van der Waals surface area contributed by atoms with E-state index in [0.717, 1.165) is 12.2 Å². The molecule has 0 spiro atoms. The number of carboxylic acids is 1. The number of carbonyl (C=O) groups is 3. The molecular weight excluding hydrogens is 304 g/mol. The van der Waals surface area contributed by atoms with Crippen molar-refractivity contribution in [2.24, 2.45) is 0 Å². The molecule has 1 rings (SSSR count). The molecule has 0 bridgehead atoms. The normalized spacial score (nSPS) is 11.2. The molecule has 0 aromatic heterocycles. The fourth-order valence-electron chi connectivity index (χ4n) is 1.72. The minimum atomic E-state index is -1.20. The largest absolute Gasteiger partial charge is 0.478 e. The first-order valence-corrected chi connectivity index (χ1v) is 6.55. The van der Waals surface area contributed by atoms with Crippen molar-refractivity contribution in [1.29, 1.82) is 0 Å². The molecule has 23 heavy (non-hydrogen) atoms. The number of hydrogen-bond donors (Lipinski definition) is 2. The Hall–Kier alpha value is -2.93. The highest BCUT2D eigenvalue weighted by atomic mass is 16.5. The Kier molecular flexibility index (Phi) is 6.69. The summed E-state index contributed by atoms with van der Waals surface area (Å²) in [7, 11) is 0. The maximum Gasteiger partial charge on any atom is 0.335 e. The van der Waals surface area contributed by atoms with Crippen LogP contribution in [-0.4, -0.2) is 40.8 Å². The van der Waals surface area contributed by atoms with Gasteiger partial charge in [-0.25, -0.2) is 14.4 Å². The lowest BCUT2D eigenvalue weighted by atomic mass is 10.0. The lowest BCUT2D eigenvalue weighted by molar-refractivity contribution is -0.140. The molecule has 0 fully saturated rings. The smallest absolute Gasteiger partial charge is 0.335 e. The van der Waals surface area contributed by atoms with Crippen molar-refractivity contribution >= 4 is 17.9 Å². The fourth-order valence-corrected chi connectivity index (χ4v) is 1.72. The van der Waals surface area contributed by atoms with Crippen LogP contribution >= 0.6 is 0 Å². The molecule has 7 heteroatoms. The molecule has 0 aliphatic carbocycles. The van der Waals surface area contributed by atoms with Gasteiger partial charge in [-0.2, -0.15) is 0 Å². The van der Waals surface area contributed by atoms with Gasteiger partial charge in [-0.1, -0.05) is 13.2 Å². The first kappa shape index (κ1) is 18.1. The van der Waals surface area contributed by atoms with Gasteiger partial charge in [-0.3, -0.25) is 0 Å².